The number of primary amides is 1. The zero-order chi connectivity index (χ0) is 15.4. The van der Waals surface area contributed by atoms with E-state index in [9.17, 15) is 19.3 Å². The molecule has 1 saturated carbocycles. The average Bonchev–Trinajstić information content (AvgIpc) is 3.22. The highest BCUT2D eigenvalue weighted by Crippen LogP contribution is 2.27. The van der Waals surface area contributed by atoms with Crippen LogP contribution in [0.5, 0.6) is 5.75 Å². The second kappa shape index (κ2) is 6.49. The zero-order valence-corrected chi connectivity index (χ0v) is 11.3. The first-order valence-electron chi connectivity index (χ1n) is 6.59. The molecule has 1 unspecified atom stereocenters. The normalized spacial score (nSPS) is 15.5. The number of carbonyl (C=O) groups is 1. The van der Waals surface area contributed by atoms with E-state index in [4.69, 9.17) is 10.5 Å². The maximum Gasteiger partial charge on any atom is 0.313 e. The number of ether oxygens (including phenoxy) is 1. The molecule has 0 heterocycles. The molecule has 0 bridgehead atoms. The molecule has 2 rings (SSSR count). The van der Waals surface area contributed by atoms with E-state index in [-0.39, 0.29) is 12.4 Å². The monoisotopic (exact) mass is 297 g/mol. The van der Waals surface area contributed by atoms with E-state index in [0.717, 1.165) is 25.0 Å². The first kappa shape index (κ1) is 15.2. The van der Waals surface area contributed by atoms with Gasteiger partial charge in [-0.15, -0.1) is 0 Å². The summed E-state index contributed by atoms with van der Waals surface area (Å²) in [7, 11) is 0. The van der Waals surface area contributed by atoms with E-state index < -0.39 is 28.4 Å². The second-order valence-corrected chi connectivity index (χ2v) is 4.90. The molecule has 1 atom stereocenters. The van der Waals surface area contributed by atoms with Crippen LogP contribution >= 0.6 is 0 Å². The third-order valence-electron chi connectivity index (χ3n) is 3.14. The van der Waals surface area contributed by atoms with Gasteiger partial charge in [-0.2, -0.15) is 0 Å². The summed E-state index contributed by atoms with van der Waals surface area (Å²) in [5.41, 5.74) is 4.83. The van der Waals surface area contributed by atoms with Crippen molar-refractivity contribution in [2.75, 3.05) is 6.61 Å². The number of hydrogen-bond donors (Lipinski definition) is 2. The number of nitrogens with zero attached hydrogens (tertiary/aromatic N) is 1. The Balaban J connectivity index is 1.92. The molecule has 1 aliphatic rings. The predicted molar refractivity (Wildman–Crippen MR) is 72.3 cm³/mol. The Kier molecular flexibility index (Phi) is 4.69. The van der Waals surface area contributed by atoms with Crippen LogP contribution in [0.15, 0.2) is 18.2 Å². The molecule has 1 amide bonds. The standard InChI is InChI=1S/C13H16FN3O4/c14-8-1-4-12(11(7-8)17(19)20)21-6-5-10(13(15)18)16-9-2-3-9/h1,4,7,9-10,16H,2-3,5-6H2,(H2,15,18). The van der Waals surface area contributed by atoms with E-state index in [1.807, 2.05) is 0 Å². The van der Waals surface area contributed by atoms with E-state index in [1.54, 1.807) is 0 Å². The Hall–Kier alpha value is -2.22. The zero-order valence-electron chi connectivity index (χ0n) is 11.3. The number of nitro benzene ring substituents is 1. The molecule has 3 N–H and O–H groups in total. The maximum absolute atomic E-state index is 13.0. The van der Waals surface area contributed by atoms with Gasteiger partial charge < -0.3 is 15.8 Å². The lowest BCUT2D eigenvalue weighted by atomic mass is 10.2. The van der Waals surface area contributed by atoms with Crippen molar-refractivity contribution in [1.82, 2.24) is 5.32 Å². The molecule has 0 radical (unpaired) electrons. The molecule has 7 nitrogen and oxygen atoms in total. The minimum absolute atomic E-state index is 0.0314. The lowest BCUT2D eigenvalue weighted by Crippen LogP contribution is -2.43. The number of carbonyl (C=O) groups excluding carboxylic acids is 1. The Morgan fingerprint density at radius 3 is 2.86 bits per heavy atom. The highest BCUT2D eigenvalue weighted by atomic mass is 19.1. The van der Waals surface area contributed by atoms with Crippen LogP contribution in [0.2, 0.25) is 0 Å². The van der Waals surface area contributed by atoms with Crippen LogP contribution in [0.4, 0.5) is 10.1 Å². The number of halogens is 1. The lowest BCUT2D eigenvalue weighted by Gasteiger charge is -2.15. The molecule has 0 aromatic heterocycles. The fraction of sp³-hybridized carbons (Fsp3) is 0.462. The van der Waals surface area contributed by atoms with Crippen molar-refractivity contribution >= 4 is 11.6 Å². The predicted octanol–water partition coefficient (Wildman–Crippen LogP) is 1.11. The fourth-order valence-electron chi connectivity index (χ4n) is 1.88. The summed E-state index contributed by atoms with van der Waals surface area (Å²) in [6.07, 6.45) is 2.31. The SMILES string of the molecule is NC(=O)C(CCOc1ccc(F)cc1[N+](=O)[O-])NC1CC1. The van der Waals surface area contributed by atoms with Crippen LogP contribution in [0.25, 0.3) is 0 Å². The molecule has 1 aromatic rings. The number of nitrogens with two attached hydrogens (primary N) is 1. The summed E-state index contributed by atoms with van der Waals surface area (Å²) in [4.78, 5) is 21.4. The van der Waals surface area contributed by atoms with Gasteiger partial charge in [-0.05, 0) is 25.0 Å². The van der Waals surface area contributed by atoms with E-state index in [2.05, 4.69) is 5.32 Å². The first-order chi connectivity index (χ1) is 9.97. The molecule has 114 valence electrons. The Bertz CT molecular complexity index is 548. The smallest absolute Gasteiger partial charge is 0.313 e. The summed E-state index contributed by atoms with van der Waals surface area (Å²) in [5.74, 6) is -1.23. The summed E-state index contributed by atoms with van der Waals surface area (Å²) >= 11 is 0. The van der Waals surface area contributed by atoms with Crippen LogP contribution in [-0.4, -0.2) is 29.5 Å². The van der Waals surface area contributed by atoms with Crippen LogP contribution < -0.4 is 15.8 Å². The minimum Gasteiger partial charge on any atom is -0.487 e. The lowest BCUT2D eigenvalue weighted by molar-refractivity contribution is -0.386. The summed E-state index contributed by atoms with van der Waals surface area (Å²) in [5, 5.41) is 13.9. The van der Waals surface area contributed by atoms with Crippen molar-refractivity contribution in [3.05, 3.63) is 34.1 Å². The van der Waals surface area contributed by atoms with Crippen molar-refractivity contribution in [3.8, 4) is 5.75 Å². The van der Waals surface area contributed by atoms with E-state index in [1.165, 1.54) is 6.07 Å². The number of benzene rings is 1. The third-order valence-corrected chi connectivity index (χ3v) is 3.14. The van der Waals surface area contributed by atoms with Gasteiger partial charge in [-0.25, -0.2) is 4.39 Å². The van der Waals surface area contributed by atoms with Gasteiger partial charge in [0.15, 0.2) is 5.75 Å². The number of nitro groups is 1. The maximum atomic E-state index is 13.0. The van der Waals surface area contributed by atoms with Crippen molar-refractivity contribution in [2.24, 2.45) is 5.73 Å². The van der Waals surface area contributed by atoms with Crippen molar-refractivity contribution in [3.63, 3.8) is 0 Å². The molecular weight excluding hydrogens is 281 g/mol. The van der Waals surface area contributed by atoms with Crippen LogP contribution in [0.3, 0.4) is 0 Å². The van der Waals surface area contributed by atoms with Crippen molar-refractivity contribution in [2.45, 2.75) is 31.3 Å². The highest BCUT2D eigenvalue weighted by molar-refractivity contribution is 5.79. The van der Waals surface area contributed by atoms with E-state index in [0.29, 0.717) is 12.5 Å². The average molecular weight is 297 g/mol. The van der Waals surface area contributed by atoms with Crippen molar-refractivity contribution in [1.29, 1.82) is 0 Å². The van der Waals surface area contributed by atoms with Crippen LogP contribution in [-0.2, 0) is 4.79 Å². The topological polar surface area (TPSA) is 107 Å². The van der Waals surface area contributed by atoms with Crippen molar-refractivity contribution < 1.29 is 18.8 Å². The van der Waals surface area contributed by atoms with E-state index >= 15 is 0 Å². The third kappa shape index (κ3) is 4.38. The Labute approximate surface area is 120 Å². The van der Waals surface area contributed by atoms with Gasteiger partial charge in [0.05, 0.1) is 23.6 Å². The second-order valence-electron chi connectivity index (χ2n) is 4.90. The first-order valence-corrected chi connectivity index (χ1v) is 6.59. The van der Waals surface area contributed by atoms with Crippen LogP contribution in [0.1, 0.15) is 19.3 Å². The van der Waals surface area contributed by atoms with Gasteiger partial charge in [-0.3, -0.25) is 14.9 Å². The van der Waals surface area contributed by atoms with Gasteiger partial charge >= 0.3 is 5.69 Å². The van der Waals surface area contributed by atoms with Crippen LogP contribution in [0, 0.1) is 15.9 Å². The van der Waals surface area contributed by atoms with Gasteiger partial charge in [0.1, 0.15) is 5.82 Å². The Morgan fingerprint density at radius 1 is 1.57 bits per heavy atom. The largest absolute Gasteiger partial charge is 0.487 e. The summed E-state index contributed by atoms with van der Waals surface area (Å²) in [6.45, 7) is 0.0692. The molecule has 0 aliphatic heterocycles. The molecule has 1 fully saturated rings. The fourth-order valence-corrected chi connectivity index (χ4v) is 1.88. The molecule has 0 spiro atoms. The molecule has 21 heavy (non-hydrogen) atoms. The van der Waals surface area contributed by atoms with Gasteiger partial charge in [0, 0.05) is 12.5 Å². The molecule has 1 aliphatic carbocycles. The highest BCUT2D eigenvalue weighted by Gasteiger charge is 2.27. The minimum atomic E-state index is -0.716. The number of amides is 1. The molecule has 1 aromatic carbocycles. The summed E-state index contributed by atoms with van der Waals surface area (Å²) < 4.78 is 18.3. The van der Waals surface area contributed by atoms with Gasteiger partial charge in [-0.1, -0.05) is 0 Å². The van der Waals surface area contributed by atoms with Gasteiger partial charge in [0.25, 0.3) is 0 Å². The molecule has 0 saturated heterocycles. The molecule has 8 heteroatoms. The number of nitrogens with one attached hydrogen (secondary N) is 1. The molecular formula is C13H16FN3O4. The summed E-state index contributed by atoms with van der Waals surface area (Å²) in [6, 6.07) is 2.85. The number of rotatable bonds is 8. The Morgan fingerprint density at radius 2 is 2.29 bits per heavy atom. The van der Waals surface area contributed by atoms with Gasteiger partial charge in [0.2, 0.25) is 5.91 Å². The quantitative estimate of drug-likeness (QED) is 0.552. The number of hydrogen-bond acceptors (Lipinski definition) is 5.